The van der Waals surface area contributed by atoms with E-state index in [4.69, 9.17) is 0 Å². The van der Waals surface area contributed by atoms with Gasteiger partial charge in [0, 0.05) is 19.2 Å². The second-order valence-electron chi connectivity index (χ2n) is 3.39. The summed E-state index contributed by atoms with van der Waals surface area (Å²) >= 11 is 0. The van der Waals surface area contributed by atoms with Gasteiger partial charge in [0.25, 0.3) is 0 Å². The molecule has 0 spiro atoms. The third-order valence-electron chi connectivity index (χ3n) is 2.30. The van der Waals surface area contributed by atoms with Gasteiger partial charge in [-0.15, -0.1) is 0 Å². The Morgan fingerprint density at radius 3 is 2.67 bits per heavy atom. The zero-order valence-electron chi connectivity index (χ0n) is 9.41. The molecule has 5 heteroatoms. The Kier molecular flexibility index (Phi) is 4.30. The Hall–Kier alpha value is -1.36. The summed E-state index contributed by atoms with van der Waals surface area (Å²) in [6.07, 6.45) is 1.90. The average Bonchev–Trinajstić information content (AvgIpc) is 2.27. The fourth-order valence-corrected chi connectivity index (χ4v) is 1.24. The average molecular weight is 210 g/mol. The molecule has 1 aromatic rings. The molecule has 84 valence electrons. The molecule has 3 N–H and O–H groups in total. The minimum absolute atomic E-state index is 0.336. The predicted octanol–water partition coefficient (Wildman–Crippen LogP) is 1.01. The number of anilines is 2. The highest BCUT2D eigenvalue weighted by Gasteiger charge is 2.06. The third kappa shape index (κ3) is 3.06. The van der Waals surface area contributed by atoms with E-state index in [2.05, 4.69) is 20.6 Å². The van der Waals surface area contributed by atoms with Crippen molar-refractivity contribution in [3.8, 4) is 0 Å². The van der Waals surface area contributed by atoms with Gasteiger partial charge in [-0.1, -0.05) is 6.92 Å². The van der Waals surface area contributed by atoms with E-state index in [1.54, 1.807) is 0 Å². The van der Waals surface area contributed by atoms with Crippen molar-refractivity contribution in [2.75, 3.05) is 24.2 Å². The molecule has 1 rings (SSSR count). The van der Waals surface area contributed by atoms with Gasteiger partial charge in [-0.05, 0) is 13.3 Å². The fraction of sp³-hybridized carbons (Fsp3) is 0.600. The molecule has 0 fully saturated rings. The number of aliphatic hydroxyl groups excluding tert-OH is 1. The van der Waals surface area contributed by atoms with Crippen LogP contribution in [-0.4, -0.2) is 34.8 Å². The summed E-state index contributed by atoms with van der Waals surface area (Å²) in [5.74, 6) is 1.57. The largest absolute Gasteiger partial charge is 0.391 e. The number of hydrogen-bond donors (Lipinski definition) is 3. The number of hydrogen-bond acceptors (Lipinski definition) is 5. The van der Waals surface area contributed by atoms with Gasteiger partial charge in [-0.2, -0.15) is 0 Å². The maximum atomic E-state index is 9.42. The molecule has 0 radical (unpaired) electrons. The molecule has 5 nitrogen and oxygen atoms in total. The number of rotatable bonds is 5. The number of aromatic nitrogens is 2. The first kappa shape index (κ1) is 11.7. The Morgan fingerprint density at radius 2 is 2.07 bits per heavy atom. The predicted molar refractivity (Wildman–Crippen MR) is 61.1 cm³/mol. The molecule has 0 saturated carbocycles. The first-order valence-corrected chi connectivity index (χ1v) is 5.10. The normalized spacial score (nSPS) is 12.3. The Morgan fingerprint density at radius 1 is 1.40 bits per heavy atom. The van der Waals surface area contributed by atoms with Crippen molar-refractivity contribution in [3.63, 3.8) is 0 Å². The van der Waals surface area contributed by atoms with Crippen LogP contribution < -0.4 is 10.6 Å². The van der Waals surface area contributed by atoms with Crippen molar-refractivity contribution >= 4 is 11.6 Å². The van der Waals surface area contributed by atoms with Crippen molar-refractivity contribution in [2.45, 2.75) is 26.4 Å². The van der Waals surface area contributed by atoms with Crippen LogP contribution in [0.25, 0.3) is 0 Å². The molecule has 0 aromatic carbocycles. The molecule has 0 amide bonds. The zero-order chi connectivity index (χ0) is 11.3. The lowest BCUT2D eigenvalue weighted by molar-refractivity contribution is 0.183. The van der Waals surface area contributed by atoms with Crippen LogP contribution in [-0.2, 0) is 0 Å². The summed E-state index contributed by atoms with van der Waals surface area (Å²) in [6, 6.07) is 0. The van der Waals surface area contributed by atoms with E-state index in [0.717, 1.165) is 23.6 Å². The molecule has 0 aliphatic carbocycles. The first-order valence-electron chi connectivity index (χ1n) is 5.10. The van der Waals surface area contributed by atoms with E-state index in [-0.39, 0.29) is 6.10 Å². The van der Waals surface area contributed by atoms with Gasteiger partial charge in [0.05, 0.1) is 6.10 Å². The molecule has 0 bridgehead atoms. The highest BCUT2D eigenvalue weighted by Crippen LogP contribution is 2.17. The smallest absolute Gasteiger partial charge is 0.134 e. The van der Waals surface area contributed by atoms with E-state index >= 15 is 0 Å². The van der Waals surface area contributed by atoms with Crippen LogP contribution in [0.15, 0.2) is 6.33 Å². The maximum absolute atomic E-state index is 9.42. The molecule has 1 atom stereocenters. The van der Waals surface area contributed by atoms with Crippen LogP contribution in [0, 0.1) is 6.92 Å². The number of nitrogens with zero attached hydrogens (tertiary/aromatic N) is 2. The quantitative estimate of drug-likeness (QED) is 0.676. The lowest BCUT2D eigenvalue weighted by atomic mass is 10.2. The van der Waals surface area contributed by atoms with Gasteiger partial charge in [0.2, 0.25) is 0 Å². The summed E-state index contributed by atoms with van der Waals surface area (Å²) in [4.78, 5) is 8.20. The van der Waals surface area contributed by atoms with Crippen LogP contribution in [0.5, 0.6) is 0 Å². The van der Waals surface area contributed by atoms with Crippen LogP contribution >= 0.6 is 0 Å². The van der Waals surface area contributed by atoms with Crippen molar-refractivity contribution in [1.82, 2.24) is 9.97 Å². The Bertz CT molecular complexity index is 316. The highest BCUT2D eigenvalue weighted by molar-refractivity contribution is 5.56. The molecular weight excluding hydrogens is 192 g/mol. The van der Waals surface area contributed by atoms with E-state index < -0.39 is 0 Å². The van der Waals surface area contributed by atoms with Gasteiger partial charge in [-0.3, -0.25) is 0 Å². The molecule has 1 unspecified atom stereocenters. The molecule has 0 saturated heterocycles. The zero-order valence-corrected chi connectivity index (χ0v) is 9.41. The summed E-state index contributed by atoms with van der Waals surface area (Å²) in [5, 5.41) is 15.5. The minimum atomic E-state index is -0.336. The molecule has 15 heavy (non-hydrogen) atoms. The van der Waals surface area contributed by atoms with Gasteiger partial charge >= 0.3 is 0 Å². The van der Waals surface area contributed by atoms with E-state index in [0.29, 0.717) is 6.54 Å². The molecule has 1 aromatic heterocycles. The first-order chi connectivity index (χ1) is 7.19. The Balaban J connectivity index is 2.68. The fourth-order valence-electron chi connectivity index (χ4n) is 1.24. The van der Waals surface area contributed by atoms with Gasteiger partial charge in [0.1, 0.15) is 18.0 Å². The monoisotopic (exact) mass is 210 g/mol. The molecular formula is C10H18N4O. The Labute approximate surface area is 90.0 Å². The molecule has 1 heterocycles. The SMILES string of the molecule is CCC(O)CNc1ncnc(NC)c1C. The minimum Gasteiger partial charge on any atom is -0.391 e. The van der Waals surface area contributed by atoms with Crippen LogP contribution in [0.3, 0.4) is 0 Å². The van der Waals surface area contributed by atoms with Crippen molar-refractivity contribution in [1.29, 1.82) is 0 Å². The van der Waals surface area contributed by atoms with E-state index in [1.165, 1.54) is 6.33 Å². The maximum Gasteiger partial charge on any atom is 0.134 e. The standard InChI is InChI=1S/C10H18N4O/c1-4-8(15)5-12-10-7(2)9(11-3)13-6-14-10/h6,8,15H,4-5H2,1-3H3,(H2,11,12,13,14). The van der Waals surface area contributed by atoms with E-state index in [9.17, 15) is 5.11 Å². The van der Waals surface area contributed by atoms with Crippen LogP contribution in [0.4, 0.5) is 11.6 Å². The topological polar surface area (TPSA) is 70.1 Å². The highest BCUT2D eigenvalue weighted by atomic mass is 16.3. The summed E-state index contributed by atoms with van der Waals surface area (Å²) in [5.41, 5.74) is 0.961. The summed E-state index contributed by atoms with van der Waals surface area (Å²) < 4.78 is 0. The van der Waals surface area contributed by atoms with Crippen molar-refractivity contribution in [3.05, 3.63) is 11.9 Å². The van der Waals surface area contributed by atoms with Gasteiger partial charge < -0.3 is 15.7 Å². The van der Waals surface area contributed by atoms with Crippen LogP contribution in [0.1, 0.15) is 18.9 Å². The lowest BCUT2D eigenvalue weighted by Crippen LogP contribution is -2.19. The van der Waals surface area contributed by atoms with E-state index in [1.807, 2.05) is 20.9 Å². The third-order valence-corrected chi connectivity index (χ3v) is 2.30. The van der Waals surface area contributed by atoms with Crippen LogP contribution in [0.2, 0.25) is 0 Å². The lowest BCUT2D eigenvalue weighted by Gasteiger charge is -2.13. The molecule has 0 aliphatic heterocycles. The van der Waals surface area contributed by atoms with Gasteiger partial charge in [0.15, 0.2) is 0 Å². The van der Waals surface area contributed by atoms with Crippen molar-refractivity contribution in [2.24, 2.45) is 0 Å². The summed E-state index contributed by atoms with van der Waals surface area (Å²) in [7, 11) is 1.82. The summed E-state index contributed by atoms with van der Waals surface area (Å²) in [6.45, 7) is 4.39. The number of nitrogens with one attached hydrogen (secondary N) is 2. The van der Waals surface area contributed by atoms with Gasteiger partial charge in [-0.25, -0.2) is 9.97 Å². The number of aliphatic hydroxyl groups is 1. The molecule has 0 aliphatic rings. The second-order valence-corrected chi connectivity index (χ2v) is 3.39. The second kappa shape index (κ2) is 5.50. The van der Waals surface area contributed by atoms with Crippen molar-refractivity contribution < 1.29 is 5.11 Å².